The number of fused-ring (bicyclic) bond motifs is 2. The van der Waals surface area contributed by atoms with Crippen LogP contribution in [-0.2, 0) is 6.42 Å². The highest BCUT2D eigenvalue weighted by Gasteiger charge is 2.25. The van der Waals surface area contributed by atoms with E-state index in [1.54, 1.807) is 6.33 Å². The number of benzene rings is 1. The van der Waals surface area contributed by atoms with Gasteiger partial charge in [0, 0.05) is 18.3 Å². The van der Waals surface area contributed by atoms with Crippen molar-refractivity contribution in [3.05, 3.63) is 47.1 Å². The molecule has 2 aliphatic rings. The van der Waals surface area contributed by atoms with Gasteiger partial charge in [-0.25, -0.2) is 9.97 Å². The molecule has 2 aromatic heterocycles. The van der Waals surface area contributed by atoms with Crippen LogP contribution in [0.4, 0.5) is 11.5 Å². The van der Waals surface area contributed by atoms with Crippen molar-refractivity contribution < 1.29 is 4.79 Å². The van der Waals surface area contributed by atoms with Gasteiger partial charge in [0.05, 0.1) is 10.3 Å². The number of piperidine rings is 1. The quantitative estimate of drug-likeness (QED) is 0.740. The number of carbonyl (C=O) groups excluding carboxylic acids is 1. The van der Waals surface area contributed by atoms with E-state index in [0.29, 0.717) is 4.88 Å². The Bertz CT molecular complexity index is 1020. The minimum Gasteiger partial charge on any atom is -0.349 e. The normalized spacial score (nSPS) is 17.8. The van der Waals surface area contributed by atoms with Crippen molar-refractivity contribution in [2.45, 2.75) is 25.3 Å². The first-order chi connectivity index (χ1) is 13.7. The van der Waals surface area contributed by atoms with E-state index in [0.717, 1.165) is 54.9 Å². The smallest absolute Gasteiger partial charge is 0.261 e. The predicted molar refractivity (Wildman–Crippen MR) is 113 cm³/mol. The van der Waals surface area contributed by atoms with Crippen LogP contribution in [0.25, 0.3) is 10.2 Å². The second-order valence-corrected chi connectivity index (χ2v) is 8.64. The Morgan fingerprint density at radius 2 is 2.00 bits per heavy atom. The molecule has 0 unspecified atom stereocenters. The average molecular weight is 394 g/mol. The molecular weight excluding hydrogens is 370 g/mol. The Kier molecular flexibility index (Phi) is 4.49. The van der Waals surface area contributed by atoms with Gasteiger partial charge >= 0.3 is 0 Å². The van der Waals surface area contributed by atoms with Gasteiger partial charge in [0.2, 0.25) is 0 Å². The Labute approximate surface area is 168 Å². The summed E-state index contributed by atoms with van der Waals surface area (Å²) in [5.74, 6) is 0.898. The van der Waals surface area contributed by atoms with Gasteiger partial charge in [-0.1, -0.05) is 18.2 Å². The SMILES string of the molecule is CN1CCC(NC(=O)c2cc3c(N4CCc5ccccc54)ncnc3s2)CC1. The number of anilines is 2. The van der Waals surface area contributed by atoms with Crippen molar-refractivity contribution in [2.75, 3.05) is 31.6 Å². The molecule has 28 heavy (non-hydrogen) atoms. The lowest BCUT2D eigenvalue weighted by Crippen LogP contribution is -2.43. The number of carbonyl (C=O) groups is 1. The third kappa shape index (κ3) is 3.14. The molecule has 1 saturated heterocycles. The van der Waals surface area contributed by atoms with Crippen LogP contribution in [0.5, 0.6) is 0 Å². The van der Waals surface area contributed by atoms with Gasteiger partial charge in [0.15, 0.2) is 0 Å². The fraction of sp³-hybridized carbons (Fsp3) is 0.381. The van der Waals surface area contributed by atoms with E-state index in [2.05, 4.69) is 56.4 Å². The van der Waals surface area contributed by atoms with Crippen molar-refractivity contribution in [2.24, 2.45) is 0 Å². The number of nitrogens with zero attached hydrogens (tertiary/aromatic N) is 4. The van der Waals surface area contributed by atoms with Gasteiger partial charge in [-0.05, 0) is 57.1 Å². The minimum atomic E-state index is 0.00493. The Hall–Kier alpha value is -2.51. The van der Waals surface area contributed by atoms with E-state index in [-0.39, 0.29) is 11.9 Å². The summed E-state index contributed by atoms with van der Waals surface area (Å²) >= 11 is 1.45. The second kappa shape index (κ2) is 7.14. The van der Waals surface area contributed by atoms with Crippen LogP contribution in [-0.4, -0.2) is 53.5 Å². The van der Waals surface area contributed by atoms with E-state index in [4.69, 9.17) is 0 Å². The van der Waals surface area contributed by atoms with Crippen molar-refractivity contribution in [3.8, 4) is 0 Å². The average Bonchev–Trinajstić information content (AvgIpc) is 3.34. The molecule has 1 amide bonds. The van der Waals surface area contributed by atoms with Gasteiger partial charge in [0.25, 0.3) is 5.91 Å². The third-order valence-electron chi connectivity index (χ3n) is 5.73. The number of hydrogen-bond donors (Lipinski definition) is 1. The first-order valence-corrected chi connectivity index (χ1v) is 10.6. The number of aromatic nitrogens is 2. The fourth-order valence-corrected chi connectivity index (χ4v) is 5.03. The molecule has 6 nitrogen and oxygen atoms in total. The topological polar surface area (TPSA) is 61.4 Å². The molecule has 0 radical (unpaired) electrons. The maximum atomic E-state index is 12.8. The van der Waals surface area contributed by atoms with Crippen LogP contribution in [0, 0.1) is 0 Å². The summed E-state index contributed by atoms with van der Waals surface area (Å²) < 4.78 is 0. The lowest BCUT2D eigenvalue weighted by molar-refractivity contribution is 0.0921. The van der Waals surface area contributed by atoms with Crippen LogP contribution in [0.2, 0.25) is 0 Å². The van der Waals surface area contributed by atoms with E-state index in [1.807, 2.05) is 6.07 Å². The van der Waals surface area contributed by atoms with Gasteiger partial charge in [-0.15, -0.1) is 11.3 Å². The largest absolute Gasteiger partial charge is 0.349 e. The second-order valence-electron chi connectivity index (χ2n) is 7.61. The highest BCUT2D eigenvalue weighted by molar-refractivity contribution is 7.20. The minimum absolute atomic E-state index is 0.00493. The van der Waals surface area contributed by atoms with Crippen LogP contribution in [0.3, 0.4) is 0 Å². The molecule has 2 aliphatic heterocycles. The molecular formula is C21H23N5OS. The lowest BCUT2D eigenvalue weighted by Gasteiger charge is -2.29. The molecule has 1 N–H and O–H groups in total. The maximum absolute atomic E-state index is 12.8. The molecule has 7 heteroatoms. The van der Waals surface area contributed by atoms with Crippen molar-refractivity contribution in [3.63, 3.8) is 0 Å². The molecule has 1 aromatic carbocycles. The summed E-state index contributed by atoms with van der Waals surface area (Å²) in [6, 6.07) is 10.7. The van der Waals surface area contributed by atoms with E-state index in [1.165, 1.54) is 22.6 Å². The number of para-hydroxylation sites is 1. The summed E-state index contributed by atoms with van der Waals surface area (Å²) in [6.07, 6.45) is 4.62. The first-order valence-electron chi connectivity index (χ1n) is 9.78. The van der Waals surface area contributed by atoms with Crippen LogP contribution in [0.1, 0.15) is 28.1 Å². The monoisotopic (exact) mass is 393 g/mol. The summed E-state index contributed by atoms with van der Waals surface area (Å²) in [5, 5.41) is 4.16. The maximum Gasteiger partial charge on any atom is 0.261 e. The molecule has 0 atom stereocenters. The number of thiophene rings is 1. The Balaban J connectivity index is 1.43. The first kappa shape index (κ1) is 17.6. The number of hydrogen-bond acceptors (Lipinski definition) is 6. The Morgan fingerprint density at radius 1 is 1.18 bits per heavy atom. The number of amides is 1. The van der Waals surface area contributed by atoms with Crippen molar-refractivity contribution in [1.29, 1.82) is 0 Å². The number of rotatable bonds is 3. The molecule has 5 rings (SSSR count). The zero-order valence-corrected chi connectivity index (χ0v) is 16.7. The highest BCUT2D eigenvalue weighted by Crippen LogP contribution is 2.38. The summed E-state index contributed by atoms with van der Waals surface area (Å²) in [6.45, 7) is 2.96. The molecule has 3 aromatic rings. The van der Waals surface area contributed by atoms with Gasteiger partial charge < -0.3 is 15.1 Å². The summed E-state index contributed by atoms with van der Waals surface area (Å²) in [7, 11) is 2.13. The van der Waals surface area contributed by atoms with Crippen LogP contribution in [0.15, 0.2) is 36.7 Å². The molecule has 0 spiro atoms. The zero-order chi connectivity index (χ0) is 19.1. The zero-order valence-electron chi connectivity index (χ0n) is 15.9. The predicted octanol–water partition coefficient (Wildman–Crippen LogP) is 3.21. The van der Waals surface area contributed by atoms with Crippen molar-refractivity contribution in [1.82, 2.24) is 20.2 Å². The molecule has 0 saturated carbocycles. The standard InChI is InChI=1S/C21H23N5OS/c1-25-9-7-15(8-10-25)24-20(27)18-12-16-19(22-13-23-21(16)28-18)26-11-6-14-4-2-3-5-17(14)26/h2-5,12-13,15H,6-11H2,1H3,(H,24,27). The van der Waals surface area contributed by atoms with E-state index < -0.39 is 0 Å². The summed E-state index contributed by atoms with van der Waals surface area (Å²) in [4.78, 5) is 27.9. The van der Waals surface area contributed by atoms with Crippen LogP contribution >= 0.6 is 11.3 Å². The van der Waals surface area contributed by atoms with Gasteiger partial charge in [-0.2, -0.15) is 0 Å². The third-order valence-corrected chi connectivity index (χ3v) is 6.77. The number of nitrogens with one attached hydrogen (secondary N) is 1. The van der Waals surface area contributed by atoms with Crippen LogP contribution < -0.4 is 10.2 Å². The van der Waals surface area contributed by atoms with E-state index in [9.17, 15) is 4.79 Å². The fourth-order valence-electron chi connectivity index (χ4n) is 4.14. The lowest BCUT2D eigenvalue weighted by atomic mass is 10.1. The van der Waals surface area contributed by atoms with Gasteiger partial charge in [0.1, 0.15) is 17.0 Å². The van der Waals surface area contributed by atoms with Crippen molar-refractivity contribution >= 4 is 39.0 Å². The van der Waals surface area contributed by atoms with Gasteiger partial charge in [-0.3, -0.25) is 4.79 Å². The molecule has 144 valence electrons. The highest BCUT2D eigenvalue weighted by atomic mass is 32.1. The molecule has 0 aliphatic carbocycles. The van der Waals surface area contributed by atoms with E-state index >= 15 is 0 Å². The number of likely N-dealkylation sites (tertiary alicyclic amines) is 1. The molecule has 4 heterocycles. The molecule has 1 fully saturated rings. The Morgan fingerprint density at radius 3 is 2.86 bits per heavy atom. The summed E-state index contributed by atoms with van der Waals surface area (Å²) in [5.41, 5.74) is 2.54. The molecule has 0 bridgehead atoms.